The number of carbonyl (C=O) groups excluding carboxylic acids is 2. The van der Waals surface area contributed by atoms with E-state index < -0.39 is 33.2 Å². The Hall–Kier alpha value is -2.43. The molecule has 2 aromatic rings. The van der Waals surface area contributed by atoms with Crippen LogP contribution in [0.2, 0.25) is 10.0 Å². The molecular weight excluding hydrogens is 559 g/mol. The zero-order chi connectivity index (χ0) is 28.8. The maximum Gasteiger partial charge on any atom is 0.243 e. The van der Waals surface area contributed by atoms with Gasteiger partial charge in [-0.3, -0.25) is 13.9 Å². The monoisotopic (exact) mass is 591 g/mol. The van der Waals surface area contributed by atoms with Crippen molar-refractivity contribution < 1.29 is 26.8 Å². The Balaban J connectivity index is 2.28. The van der Waals surface area contributed by atoms with Crippen LogP contribution in [0.4, 0.5) is 14.5 Å². The van der Waals surface area contributed by atoms with Crippen LogP contribution in [-0.2, 0) is 26.2 Å². The van der Waals surface area contributed by atoms with Gasteiger partial charge in [0.15, 0.2) is 11.6 Å². The van der Waals surface area contributed by atoms with Gasteiger partial charge in [0.1, 0.15) is 6.04 Å². The summed E-state index contributed by atoms with van der Waals surface area (Å²) in [5, 5.41) is 3.56. The minimum absolute atomic E-state index is 0.0532. The predicted molar refractivity (Wildman–Crippen MR) is 147 cm³/mol. The first kappa shape index (κ1) is 31.8. The molecule has 0 saturated heterocycles. The van der Waals surface area contributed by atoms with Crippen LogP contribution >= 0.6 is 23.2 Å². The Bertz CT molecular complexity index is 1270. The maximum absolute atomic E-state index is 13.8. The minimum Gasteiger partial charge on any atom is -0.350 e. The molecule has 0 aliphatic heterocycles. The molecule has 0 aromatic heterocycles. The number of amides is 2. The van der Waals surface area contributed by atoms with Gasteiger partial charge in [0, 0.05) is 31.1 Å². The number of hydrogen-bond acceptors (Lipinski definition) is 4. The van der Waals surface area contributed by atoms with Crippen molar-refractivity contribution in [1.29, 1.82) is 0 Å². The lowest BCUT2D eigenvalue weighted by Gasteiger charge is -2.33. The van der Waals surface area contributed by atoms with Crippen molar-refractivity contribution in [2.45, 2.75) is 65.1 Å². The smallest absolute Gasteiger partial charge is 0.243 e. The lowest BCUT2D eigenvalue weighted by Crippen LogP contribution is -2.53. The van der Waals surface area contributed by atoms with Crippen molar-refractivity contribution in [3.63, 3.8) is 0 Å². The molecule has 0 aliphatic rings. The summed E-state index contributed by atoms with van der Waals surface area (Å²) in [7, 11) is -3.85. The second-order valence-corrected chi connectivity index (χ2v) is 12.7. The van der Waals surface area contributed by atoms with Gasteiger partial charge < -0.3 is 10.2 Å². The third-order valence-corrected chi connectivity index (χ3v) is 7.50. The molecule has 0 saturated carbocycles. The van der Waals surface area contributed by atoms with Crippen molar-refractivity contribution in [2.24, 2.45) is 0 Å². The molecule has 210 valence electrons. The zero-order valence-corrected chi connectivity index (χ0v) is 24.4. The molecule has 0 radical (unpaired) electrons. The van der Waals surface area contributed by atoms with E-state index in [2.05, 4.69) is 5.32 Å². The number of benzene rings is 2. The molecule has 38 heavy (non-hydrogen) atoms. The first-order chi connectivity index (χ1) is 17.5. The van der Waals surface area contributed by atoms with Crippen LogP contribution in [0.5, 0.6) is 0 Å². The van der Waals surface area contributed by atoms with Gasteiger partial charge in [-0.2, -0.15) is 0 Å². The van der Waals surface area contributed by atoms with Crippen LogP contribution in [0, 0.1) is 11.6 Å². The molecule has 0 fully saturated rings. The molecule has 0 bridgehead atoms. The van der Waals surface area contributed by atoms with E-state index in [0.29, 0.717) is 22.0 Å². The van der Waals surface area contributed by atoms with Gasteiger partial charge in [0.25, 0.3) is 0 Å². The lowest BCUT2D eigenvalue weighted by molar-refractivity contribution is -0.142. The van der Waals surface area contributed by atoms with Gasteiger partial charge in [-0.15, -0.1) is 0 Å². The van der Waals surface area contributed by atoms with E-state index >= 15 is 0 Å². The lowest BCUT2D eigenvalue weighted by atomic mass is 10.0. The Labute approximate surface area is 233 Å². The van der Waals surface area contributed by atoms with Gasteiger partial charge in [-0.05, 0) is 63.4 Å². The fraction of sp³-hybridized carbons (Fsp3) is 0.462. The molecule has 2 aromatic carbocycles. The average molecular weight is 593 g/mol. The maximum atomic E-state index is 13.8. The largest absolute Gasteiger partial charge is 0.350 e. The molecule has 1 atom stereocenters. The number of nitrogens with one attached hydrogen (secondary N) is 1. The summed E-state index contributed by atoms with van der Waals surface area (Å²) < 4.78 is 52.7. The number of halogens is 4. The molecule has 7 nitrogen and oxygen atoms in total. The Morgan fingerprint density at radius 3 is 2.21 bits per heavy atom. The highest BCUT2D eigenvalue weighted by atomic mass is 35.5. The molecule has 0 unspecified atom stereocenters. The number of sulfonamides is 1. The molecule has 12 heteroatoms. The van der Waals surface area contributed by atoms with Crippen LogP contribution in [0.3, 0.4) is 0 Å². The fourth-order valence-corrected chi connectivity index (χ4v) is 5.13. The standard InChI is InChI=1S/C26H33Cl2F2N3O4S/c1-6-23(25(35)31-26(2,3)4)32(16-17-9-11-19(27)20(28)14-17)24(34)8-7-13-33(38(5,36)37)18-10-12-21(29)22(30)15-18/h9-12,14-15,23H,6-8,13,16H2,1-5H3,(H,31,35)/t23-/m1/s1. The average Bonchev–Trinajstić information content (AvgIpc) is 2.78. The summed E-state index contributed by atoms with van der Waals surface area (Å²) in [5.41, 5.74) is 0.0836. The van der Waals surface area contributed by atoms with Crippen molar-refractivity contribution in [2.75, 3.05) is 17.1 Å². The van der Waals surface area contributed by atoms with E-state index in [9.17, 15) is 26.8 Å². The molecule has 1 N–H and O–H groups in total. The molecular formula is C26H33Cl2F2N3O4S. The first-order valence-corrected chi connectivity index (χ1v) is 14.6. The normalized spacial score (nSPS) is 12.7. The van der Waals surface area contributed by atoms with E-state index in [1.54, 1.807) is 25.1 Å². The van der Waals surface area contributed by atoms with E-state index in [0.717, 1.165) is 28.8 Å². The summed E-state index contributed by atoms with van der Waals surface area (Å²) in [6, 6.07) is 6.91. The third-order valence-electron chi connectivity index (χ3n) is 5.56. The highest BCUT2D eigenvalue weighted by Crippen LogP contribution is 2.25. The van der Waals surface area contributed by atoms with Crippen molar-refractivity contribution in [1.82, 2.24) is 10.2 Å². The van der Waals surface area contributed by atoms with Crippen LogP contribution in [0.15, 0.2) is 36.4 Å². The Kier molecular flexibility index (Phi) is 10.9. The van der Waals surface area contributed by atoms with E-state index in [1.165, 1.54) is 4.90 Å². The summed E-state index contributed by atoms with van der Waals surface area (Å²) in [6.07, 6.45) is 1.24. The van der Waals surface area contributed by atoms with Gasteiger partial charge in [0.05, 0.1) is 22.0 Å². The molecule has 2 rings (SSSR count). The summed E-state index contributed by atoms with van der Waals surface area (Å²) in [4.78, 5) is 28.0. The van der Waals surface area contributed by atoms with E-state index in [4.69, 9.17) is 23.2 Å². The summed E-state index contributed by atoms with van der Waals surface area (Å²) in [6.45, 7) is 7.21. The number of anilines is 1. The highest BCUT2D eigenvalue weighted by Gasteiger charge is 2.31. The van der Waals surface area contributed by atoms with Crippen molar-refractivity contribution in [3.8, 4) is 0 Å². The third kappa shape index (κ3) is 9.10. The van der Waals surface area contributed by atoms with Crippen LogP contribution in [-0.4, -0.2) is 49.5 Å². The number of nitrogens with zero attached hydrogens (tertiary/aromatic N) is 2. The highest BCUT2D eigenvalue weighted by molar-refractivity contribution is 7.92. The molecule has 0 aliphatic carbocycles. The minimum atomic E-state index is -3.85. The zero-order valence-electron chi connectivity index (χ0n) is 22.0. The number of hydrogen-bond donors (Lipinski definition) is 1. The summed E-state index contributed by atoms with van der Waals surface area (Å²) in [5.74, 6) is -3.00. The fourth-order valence-electron chi connectivity index (χ4n) is 3.85. The SMILES string of the molecule is CC[C@H](C(=O)NC(C)(C)C)N(Cc1ccc(Cl)c(Cl)c1)C(=O)CCCN(c1ccc(F)c(F)c1)S(C)(=O)=O. The van der Waals surface area contributed by atoms with Gasteiger partial charge in [0.2, 0.25) is 21.8 Å². The molecule has 2 amide bonds. The quantitative estimate of drug-likeness (QED) is 0.371. The van der Waals surface area contributed by atoms with Crippen LogP contribution in [0.25, 0.3) is 0 Å². The molecule has 0 spiro atoms. The van der Waals surface area contributed by atoms with Gasteiger partial charge >= 0.3 is 0 Å². The number of carbonyl (C=O) groups is 2. The Morgan fingerprint density at radius 1 is 1.03 bits per heavy atom. The second-order valence-electron chi connectivity index (χ2n) is 9.97. The van der Waals surface area contributed by atoms with E-state index in [1.807, 2.05) is 20.8 Å². The summed E-state index contributed by atoms with van der Waals surface area (Å²) >= 11 is 12.2. The number of rotatable bonds is 11. The van der Waals surface area contributed by atoms with Crippen molar-refractivity contribution >= 4 is 50.7 Å². The van der Waals surface area contributed by atoms with Crippen LogP contribution < -0.4 is 9.62 Å². The van der Waals surface area contributed by atoms with Gasteiger partial charge in [-0.1, -0.05) is 36.2 Å². The van der Waals surface area contributed by atoms with Crippen LogP contribution in [0.1, 0.15) is 52.5 Å². The van der Waals surface area contributed by atoms with Crippen molar-refractivity contribution in [3.05, 3.63) is 63.6 Å². The topological polar surface area (TPSA) is 86.8 Å². The van der Waals surface area contributed by atoms with Gasteiger partial charge in [-0.25, -0.2) is 17.2 Å². The van der Waals surface area contributed by atoms with E-state index in [-0.39, 0.29) is 43.4 Å². The predicted octanol–water partition coefficient (Wildman–Crippen LogP) is 5.54. The second kappa shape index (κ2) is 13.1. The Morgan fingerprint density at radius 2 is 1.68 bits per heavy atom. The molecule has 0 heterocycles. The first-order valence-electron chi connectivity index (χ1n) is 12.0.